The first-order valence-electron chi connectivity index (χ1n) is 10.2. The fourth-order valence-corrected chi connectivity index (χ4v) is 3.95. The third-order valence-electron chi connectivity index (χ3n) is 5.61. The van der Waals surface area contributed by atoms with Crippen LogP contribution in [0.3, 0.4) is 0 Å². The Labute approximate surface area is 172 Å². The smallest absolute Gasteiger partial charge is 0.303 e. The van der Waals surface area contributed by atoms with Gasteiger partial charge in [-0.2, -0.15) is 0 Å². The standard InChI is InChI=1S/C23H31N3O3/c1-29-19-12-9-17(10-13-19)11-14-20-23(24)26(15-5-8-22(27)28)16-21(25-20)18-6-3-2-4-7-18/h2-4,6-7,9-10,12-13,20-21,23,25H,5,8,11,14-16,24H2,1H3,(H,27,28). The molecular formula is C23H31N3O3. The summed E-state index contributed by atoms with van der Waals surface area (Å²) in [6.45, 7) is 1.47. The van der Waals surface area contributed by atoms with Gasteiger partial charge in [-0.1, -0.05) is 42.5 Å². The summed E-state index contributed by atoms with van der Waals surface area (Å²) in [5.74, 6) is 0.0966. The number of nitrogens with two attached hydrogens (primary N) is 1. The van der Waals surface area contributed by atoms with Gasteiger partial charge in [0, 0.05) is 31.6 Å². The van der Waals surface area contributed by atoms with E-state index in [0.29, 0.717) is 13.0 Å². The highest BCUT2D eigenvalue weighted by Crippen LogP contribution is 2.24. The number of ether oxygens (including phenoxy) is 1. The molecule has 1 fully saturated rings. The van der Waals surface area contributed by atoms with Gasteiger partial charge in [-0.15, -0.1) is 0 Å². The third kappa shape index (κ3) is 6.03. The van der Waals surface area contributed by atoms with Gasteiger partial charge in [0.1, 0.15) is 5.75 Å². The van der Waals surface area contributed by atoms with Crippen LogP contribution >= 0.6 is 0 Å². The fraction of sp³-hybridized carbons (Fsp3) is 0.435. The summed E-state index contributed by atoms with van der Waals surface area (Å²) < 4.78 is 5.23. The molecule has 0 radical (unpaired) electrons. The van der Waals surface area contributed by atoms with Gasteiger partial charge in [-0.25, -0.2) is 0 Å². The van der Waals surface area contributed by atoms with Gasteiger partial charge in [0.2, 0.25) is 0 Å². The van der Waals surface area contributed by atoms with Crippen molar-refractivity contribution in [3.63, 3.8) is 0 Å². The van der Waals surface area contributed by atoms with Crippen LogP contribution in [0.4, 0.5) is 0 Å². The summed E-state index contributed by atoms with van der Waals surface area (Å²) in [6.07, 6.45) is 2.47. The minimum atomic E-state index is -0.760. The van der Waals surface area contributed by atoms with E-state index < -0.39 is 5.97 Å². The molecule has 6 nitrogen and oxygen atoms in total. The van der Waals surface area contributed by atoms with E-state index in [9.17, 15) is 4.79 Å². The first kappa shape index (κ1) is 21.3. The molecule has 0 aliphatic carbocycles. The summed E-state index contributed by atoms with van der Waals surface area (Å²) in [7, 11) is 1.67. The van der Waals surface area contributed by atoms with E-state index in [4.69, 9.17) is 15.6 Å². The molecule has 2 aromatic carbocycles. The van der Waals surface area contributed by atoms with Crippen LogP contribution in [-0.2, 0) is 11.2 Å². The molecule has 1 aliphatic heterocycles. The number of methoxy groups -OCH3 is 1. The summed E-state index contributed by atoms with van der Waals surface area (Å²) in [5.41, 5.74) is 9.07. The number of benzene rings is 2. The van der Waals surface area contributed by atoms with Gasteiger partial charge in [0.25, 0.3) is 0 Å². The Kier molecular flexibility index (Phi) is 7.63. The monoisotopic (exact) mass is 397 g/mol. The molecule has 1 saturated heterocycles. The fourth-order valence-electron chi connectivity index (χ4n) is 3.95. The van der Waals surface area contributed by atoms with E-state index in [-0.39, 0.29) is 24.7 Å². The maximum absolute atomic E-state index is 10.9. The van der Waals surface area contributed by atoms with Crippen molar-refractivity contribution in [1.82, 2.24) is 10.2 Å². The molecular weight excluding hydrogens is 366 g/mol. The van der Waals surface area contributed by atoms with Crippen molar-refractivity contribution < 1.29 is 14.6 Å². The zero-order valence-electron chi connectivity index (χ0n) is 17.0. The molecule has 0 aromatic heterocycles. The lowest BCUT2D eigenvalue weighted by Gasteiger charge is -2.44. The molecule has 0 spiro atoms. The third-order valence-corrected chi connectivity index (χ3v) is 5.61. The molecule has 1 aliphatic rings. The Morgan fingerprint density at radius 2 is 1.93 bits per heavy atom. The number of hydrogen-bond acceptors (Lipinski definition) is 5. The van der Waals surface area contributed by atoms with Crippen molar-refractivity contribution in [2.24, 2.45) is 5.73 Å². The number of carbonyl (C=O) groups is 1. The number of piperazine rings is 1. The van der Waals surface area contributed by atoms with Crippen LogP contribution < -0.4 is 15.8 Å². The normalized spacial score (nSPS) is 22.3. The first-order valence-corrected chi connectivity index (χ1v) is 10.2. The van der Waals surface area contributed by atoms with Crippen LogP contribution in [0, 0.1) is 0 Å². The molecule has 3 rings (SSSR count). The van der Waals surface area contributed by atoms with Crippen molar-refractivity contribution >= 4 is 5.97 Å². The van der Waals surface area contributed by atoms with Crippen LogP contribution in [0.2, 0.25) is 0 Å². The quantitative estimate of drug-likeness (QED) is 0.603. The minimum Gasteiger partial charge on any atom is -0.497 e. The van der Waals surface area contributed by atoms with Crippen LogP contribution in [0.1, 0.15) is 36.4 Å². The van der Waals surface area contributed by atoms with Gasteiger partial charge in [0.15, 0.2) is 0 Å². The van der Waals surface area contributed by atoms with Gasteiger partial charge in [-0.3, -0.25) is 9.69 Å². The van der Waals surface area contributed by atoms with E-state index in [2.05, 4.69) is 34.5 Å². The van der Waals surface area contributed by atoms with Crippen molar-refractivity contribution in [2.75, 3.05) is 20.2 Å². The Bertz CT molecular complexity index is 767. The zero-order valence-corrected chi connectivity index (χ0v) is 17.0. The molecule has 3 unspecified atom stereocenters. The average Bonchev–Trinajstić information content (AvgIpc) is 2.74. The first-order chi connectivity index (χ1) is 14.1. The number of carboxylic acids is 1. The van der Waals surface area contributed by atoms with Crippen molar-refractivity contribution in [2.45, 2.75) is 43.9 Å². The molecule has 1 heterocycles. The molecule has 2 aromatic rings. The van der Waals surface area contributed by atoms with Gasteiger partial charge < -0.3 is 20.9 Å². The van der Waals surface area contributed by atoms with Gasteiger partial charge in [-0.05, 0) is 42.5 Å². The van der Waals surface area contributed by atoms with Crippen LogP contribution in [-0.4, -0.2) is 48.4 Å². The van der Waals surface area contributed by atoms with Crippen LogP contribution in [0.5, 0.6) is 5.75 Å². The highest BCUT2D eigenvalue weighted by atomic mass is 16.5. The van der Waals surface area contributed by atoms with E-state index >= 15 is 0 Å². The maximum atomic E-state index is 10.9. The molecule has 0 saturated carbocycles. The number of carboxylic acid groups (broad SMARTS) is 1. The maximum Gasteiger partial charge on any atom is 0.303 e. The second kappa shape index (κ2) is 10.4. The van der Waals surface area contributed by atoms with Crippen molar-refractivity contribution in [3.8, 4) is 5.75 Å². The van der Waals surface area contributed by atoms with Gasteiger partial charge >= 0.3 is 5.97 Å². The second-order valence-corrected chi connectivity index (χ2v) is 7.61. The van der Waals surface area contributed by atoms with E-state index in [1.54, 1.807) is 7.11 Å². The van der Waals surface area contributed by atoms with Crippen molar-refractivity contribution in [3.05, 3.63) is 65.7 Å². The van der Waals surface area contributed by atoms with Crippen LogP contribution in [0.25, 0.3) is 0 Å². The molecule has 156 valence electrons. The molecule has 0 amide bonds. The summed E-state index contributed by atoms with van der Waals surface area (Å²) >= 11 is 0. The summed E-state index contributed by atoms with van der Waals surface area (Å²) in [4.78, 5) is 13.1. The number of rotatable bonds is 9. The molecule has 3 atom stereocenters. The minimum absolute atomic E-state index is 0.126. The average molecular weight is 398 g/mol. The lowest BCUT2D eigenvalue weighted by Crippen LogP contribution is -2.63. The zero-order chi connectivity index (χ0) is 20.6. The lowest BCUT2D eigenvalue weighted by molar-refractivity contribution is -0.137. The number of hydrogen-bond donors (Lipinski definition) is 3. The van der Waals surface area contributed by atoms with E-state index in [1.165, 1.54) is 11.1 Å². The Hall–Kier alpha value is -2.41. The highest BCUT2D eigenvalue weighted by molar-refractivity contribution is 5.66. The summed E-state index contributed by atoms with van der Waals surface area (Å²) in [6, 6.07) is 18.8. The van der Waals surface area contributed by atoms with Crippen molar-refractivity contribution in [1.29, 1.82) is 0 Å². The molecule has 0 bridgehead atoms. The van der Waals surface area contributed by atoms with Gasteiger partial charge in [0.05, 0.1) is 13.3 Å². The Morgan fingerprint density at radius 1 is 1.21 bits per heavy atom. The summed E-state index contributed by atoms with van der Waals surface area (Å²) in [5, 5.41) is 12.7. The largest absolute Gasteiger partial charge is 0.497 e. The molecule has 29 heavy (non-hydrogen) atoms. The number of aryl methyl sites for hydroxylation is 1. The van der Waals surface area contributed by atoms with Crippen LogP contribution in [0.15, 0.2) is 54.6 Å². The molecule has 6 heteroatoms. The number of aliphatic carboxylic acids is 1. The predicted octanol–water partition coefficient (Wildman–Crippen LogP) is 2.79. The van der Waals surface area contributed by atoms with E-state index in [0.717, 1.165) is 25.1 Å². The lowest BCUT2D eigenvalue weighted by atomic mass is 9.95. The second-order valence-electron chi connectivity index (χ2n) is 7.61. The SMILES string of the molecule is COc1ccc(CCC2NC(c3ccccc3)CN(CCCC(=O)O)C2N)cc1. The Balaban J connectivity index is 1.67. The highest BCUT2D eigenvalue weighted by Gasteiger charge is 2.33. The van der Waals surface area contributed by atoms with E-state index in [1.807, 2.05) is 30.3 Å². The molecule has 4 N–H and O–H groups in total. The topological polar surface area (TPSA) is 87.8 Å². The number of nitrogens with one attached hydrogen (secondary N) is 1. The Morgan fingerprint density at radius 3 is 2.59 bits per heavy atom. The number of nitrogens with zero attached hydrogens (tertiary/aromatic N) is 1. The predicted molar refractivity (Wildman–Crippen MR) is 114 cm³/mol.